The van der Waals surface area contributed by atoms with Gasteiger partial charge in [0, 0.05) is 18.7 Å². The van der Waals surface area contributed by atoms with Crippen molar-refractivity contribution < 1.29 is 4.79 Å². The lowest BCUT2D eigenvalue weighted by molar-refractivity contribution is -0.117. The molecular weight excluding hydrogens is 224 g/mol. The van der Waals surface area contributed by atoms with Gasteiger partial charge in [-0.15, -0.1) is 0 Å². The van der Waals surface area contributed by atoms with Gasteiger partial charge >= 0.3 is 0 Å². The van der Waals surface area contributed by atoms with Crippen LogP contribution in [0, 0.1) is 11.8 Å². The third kappa shape index (κ3) is 3.27. The largest absolute Gasteiger partial charge is 0.371 e. The quantitative estimate of drug-likeness (QED) is 0.805. The first-order valence-electron chi connectivity index (χ1n) is 6.38. The number of hydrogen-bond donors (Lipinski definition) is 1. The number of primary amides is 1. The molecule has 1 aliphatic heterocycles. The molecule has 1 fully saturated rings. The van der Waals surface area contributed by atoms with Gasteiger partial charge in [-0.1, -0.05) is 24.0 Å². The van der Waals surface area contributed by atoms with Crippen LogP contribution in [0.2, 0.25) is 0 Å². The van der Waals surface area contributed by atoms with E-state index in [1.54, 1.807) is 0 Å². The van der Waals surface area contributed by atoms with E-state index < -0.39 is 0 Å². The molecule has 0 spiro atoms. The van der Waals surface area contributed by atoms with E-state index in [0.717, 1.165) is 18.7 Å². The standard InChI is InChI=1S/C15H18N2O/c16-15(18)10-6-8-13-7-2-3-9-14(13)17-11-4-1-5-12-17/h2-3,7,9H,1,4-5,10-12H2,(H2,16,18). The summed E-state index contributed by atoms with van der Waals surface area (Å²) in [5.74, 6) is 5.50. The number of nitrogens with two attached hydrogens (primary N) is 1. The normalized spacial score (nSPS) is 14.8. The minimum absolute atomic E-state index is 0.119. The van der Waals surface area contributed by atoms with Gasteiger partial charge in [-0.05, 0) is 31.4 Å². The van der Waals surface area contributed by atoms with Crippen molar-refractivity contribution in [1.29, 1.82) is 0 Å². The predicted octanol–water partition coefficient (Wildman–Crippen LogP) is 1.90. The van der Waals surface area contributed by atoms with E-state index in [4.69, 9.17) is 5.73 Å². The van der Waals surface area contributed by atoms with E-state index in [1.165, 1.54) is 24.9 Å². The van der Waals surface area contributed by atoms with E-state index in [9.17, 15) is 4.79 Å². The smallest absolute Gasteiger partial charge is 0.229 e. The molecule has 1 amide bonds. The summed E-state index contributed by atoms with van der Waals surface area (Å²) in [6, 6.07) is 8.10. The number of benzene rings is 1. The molecule has 94 valence electrons. The van der Waals surface area contributed by atoms with Gasteiger partial charge in [0.1, 0.15) is 0 Å². The molecular formula is C15H18N2O. The lowest BCUT2D eigenvalue weighted by atomic mass is 10.1. The second kappa shape index (κ2) is 6.11. The summed E-state index contributed by atoms with van der Waals surface area (Å²) in [7, 11) is 0. The minimum Gasteiger partial charge on any atom is -0.371 e. The molecule has 1 aromatic rings. The highest BCUT2D eigenvalue weighted by Gasteiger charge is 2.12. The molecule has 18 heavy (non-hydrogen) atoms. The van der Waals surface area contributed by atoms with Crippen LogP contribution in [0.25, 0.3) is 0 Å². The maximum atomic E-state index is 10.7. The molecule has 3 nitrogen and oxygen atoms in total. The number of amides is 1. The molecule has 1 aromatic carbocycles. The van der Waals surface area contributed by atoms with Crippen molar-refractivity contribution in [2.45, 2.75) is 25.7 Å². The van der Waals surface area contributed by atoms with Gasteiger partial charge in [-0.3, -0.25) is 4.79 Å². The number of carbonyl (C=O) groups is 1. The second-order valence-electron chi connectivity index (χ2n) is 4.51. The maximum Gasteiger partial charge on any atom is 0.229 e. The van der Waals surface area contributed by atoms with E-state index in [0.29, 0.717) is 0 Å². The van der Waals surface area contributed by atoms with Gasteiger partial charge in [-0.25, -0.2) is 0 Å². The summed E-state index contributed by atoms with van der Waals surface area (Å²) in [4.78, 5) is 13.1. The van der Waals surface area contributed by atoms with Crippen molar-refractivity contribution >= 4 is 11.6 Å². The van der Waals surface area contributed by atoms with Crippen LogP contribution in [0.15, 0.2) is 24.3 Å². The zero-order valence-corrected chi connectivity index (χ0v) is 10.5. The van der Waals surface area contributed by atoms with Crippen LogP contribution < -0.4 is 10.6 Å². The van der Waals surface area contributed by atoms with Gasteiger partial charge in [0.2, 0.25) is 5.91 Å². The summed E-state index contributed by atoms with van der Waals surface area (Å²) in [6.07, 6.45) is 3.91. The fraction of sp³-hybridized carbons (Fsp3) is 0.400. The average molecular weight is 242 g/mol. The third-order valence-corrected chi connectivity index (χ3v) is 3.09. The zero-order chi connectivity index (χ0) is 12.8. The molecule has 0 bridgehead atoms. The van der Waals surface area contributed by atoms with Gasteiger partial charge in [0.15, 0.2) is 0 Å². The average Bonchev–Trinajstić information content (AvgIpc) is 2.40. The van der Waals surface area contributed by atoms with Crippen molar-refractivity contribution in [2.24, 2.45) is 5.73 Å². The Balaban J connectivity index is 2.18. The SMILES string of the molecule is NC(=O)CC#Cc1ccccc1N1CCCCC1. The summed E-state index contributed by atoms with van der Waals surface area (Å²) in [5.41, 5.74) is 7.25. The summed E-state index contributed by atoms with van der Waals surface area (Å²) in [6.45, 7) is 2.18. The van der Waals surface area contributed by atoms with Gasteiger partial charge < -0.3 is 10.6 Å². The lowest BCUT2D eigenvalue weighted by Gasteiger charge is -2.29. The van der Waals surface area contributed by atoms with Crippen LogP contribution in [0.1, 0.15) is 31.2 Å². The molecule has 0 unspecified atom stereocenters. The molecule has 2 N–H and O–H groups in total. The number of hydrogen-bond acceptors (Lipinski definition) is 2. The fourth-order valence-corrected chi connectivity index (χ4v) is 2.22. The summed E-state index contributed by atoms with van der Waals surface area (Å²) < 4.78 is 0. The van der Waals surface area contributed by atoms with Crippen molar-refractivity contribution in [1.82, 2.24) is 0 Å². The van der Waals surface area contributed by atoms with Crippen molar-refractivity contribution in [2.75, 3.05) is 18.0 Å². The lowest BCUT2D eigenvalue weighted by Crippen LogP contribution is -2.29. The van der Waals surface area contributed by atoms with Crippen LogP contribution in [0.3, 0.4) is 0 Å². The number of piperidine rings is 1. The van der Waals surface area contributed by atoms with Gasteiger partial charge in [-0.2, -0.15) is 0 Å². The van der Waals surface area contributed by atoms with E-state index >= 15 is 0 Å². The first-order valence-corrected chi connectivity index (χ1v) is 6.38. The number of nitrogens with zero attached hydrogens (tertiary/aromatic N) is 1. The molecule has 3 heteroatoms. The monoisotopic (exact) mass is 242 g/mol. The maximum absolute atomic E-state index is 10.7. The molecule has 0 saturated carbocycles. The Bertz CT molecular complexity index is 479. The Morgan fingerprint density at radius 3 is 2.67 bits per heavy atom. The first-order chi connectivity index (χ1) is 8.77. The van der Waals surface area contributed by atoms with Crippen LogP contribution in [-0.4, -0.2) is 19.0 Å². The predicted molar refractivity (Wildman–Crippen MR) is 73.2 cm³/mol. The Kier molecular flexibility index (Phi) is 4.25. The molecule has 0 radical (unpaired) electrons. The van der Waals surface area contributed by atoms with Crippen molar-refractivity contribution in [3.63, 3.8) is 0 Å². The van der Waals surface area contributed by atoms with E-state index in [1.807, 2.05) is 18.2 Å². The number of carbonyl (C=O) groups excluding carboxylic acids is 1. The zero-order valence-electron chi connectivity index (χ0n) is 10.5. The van der Waals surface area contributed by atoms with Gasteiger partial charge in [0.05, 0.1) is 12.1 Å². The number of rotatable bonds is 2. The Labute approximate surface area is 108 Å². The summed E-state index contributed by atoms with van der Waals surface area (Å²) >= 11 is 0. The van der Waals surface area contributed by atoms with Gasteiger partial charge in [0.25, 0.3) is 0 Å². The van der Waals surface area contributed by atoms with E-state index in [-0.39, 0.29) is 12.3 Å². The highest BCUT2D eigenvalue weighted by molar-refractivity contribution is 5.77. The highest BCUT2D eigenvalue weighted by Crippen LogP contribution is 2.23. The van der Waals surface area contributed by atoms with Crippen molar-refractivity contribution in [3.05, 3.63) is 29.8 Å². The highest BCUT2D eigenvalue weighted by atomic mass is 16.1. The number of anilines is 1. The number of para-hydroxylation sites is 1. The summed E-state index contributed by atoms with van der Waals surface area (Å²) in [5, 5.41) is 0. The fourth-order valence-electron chi connectivity index (χ4n) is 2.22. The van der Waals surface area contributed by atoms with Crippen molar-refractivity contribution in [3.8, 4) is 11.8 Å². The molecule has 2 rings (SSSR count). The third-order valence-electron chi connectivity index (χ3n) is 3.09. The van der Waals surface area contributed by atoms with Crippen LogP contribution in [-0.2, 0) is 4.79 Å². The molecule has 1 aliphatic rings. The molecule has 1 heterocycles. The second-order valence-corrected chi connectivity index (χ2v) is 4.51. The molecule has 0 aromatic heterocycles. The van der Waals surface area contributed by atoms with Crippen LogP contribution in [0.5, 0.6) is 0 Å². The topological polar surface area (TPSA) is 46.3 Å². The van der Waals surface area contributed by atoms with Crippen LogP contribution >= 0.6 is 0 Å². The molecule has 0 aliphatic carbocycles. The first kappa shape index (κ1) is 12.5. The Morgan fingerprint density at radius 2 is 1.94 bits per heavy atom. The van der Waals surface area contributed by atoms with Crippen LogP contribution in [0.4, 0.5) is 5.69 Å². The van der Waals surface area contributed by atoms with E-state index in [2.05, 4.69) is 22.8 Å². The minimum atomic E-state index is -0.377. The Hall–Kier alpha value is -1.95. The Morgan fingerprint density at radius 1 is 1.22 bits per heavy atom. The molecule has 0 atom stereocenters. The molecule has 1 saturated heterocycles.